The second kappa shape index (κ2) is 5.49. The lowest BCUT2D eigenvalue weighted by Crippen LogP contribution is -2.33. The van der Waals surface area contributed by atoms with E-state index >= 15 is 0 Å². The monoisotopic (exact) mass is 328 g/mol. The van der Waals surface area contributed by atoms with Crippen LogP contribution in [0.3, 0.4) is 0 Å². The van der Waals surface area contributed by atoms with Crippen LogP contribution in [0, 0.1) is 5.82 Å². The number of halogens is 1. The van der Waals surface area contributed by atoms with E-state index in [9.17, 15) is 9.18 Å². The summed E-state index contributed by atoms with van der Waals surface area (Å²) in [5, 5.41) is 5.95. The fraction of sp³-hybridized carbons (Fsp3) is 0.278. The molecule has 23 heavy (non-hydrogen) atoms. The van der Waals surface area contributed by atoms with Crippen molar-refractivity contribution in [2.45, 2.75) is 24.7 Å². The standard InChI is InChI=1S/C18H17FN2OS/c19-12-3-4-16-14(8-12)15(10-20-16)18(5-6-18)11-21-17(22)9-13-2-1-7-23-13/h1-4,7-8,10,20H,5-6,9,11H2,(H,21,22). The molecule has 0 atom stereocenters. The van der Waals surface area contributed by atoms with E-state index < -0.39 is 0 Å². The van der Waals surface area contributed by atoms with E-state index in [0.717, 1.165) is 34.2 Å². The van der Waals surface area contributed by atoms with Gasteiger partial charge in [-0.05, 0) is 48.1 Å². The van der Waals surface area contributed by atoms with Crippen LogP contribution in [0.1, 0.15) is 23.3 Å². The third kappa shape index (κ3) is 2.77. The molecule has 2 N–H and O–H groups in total. The van der Waals surface area contributed by atoms with Gasteiger partial charge in [0.05, 0.1) is 6.42 Å². The number of amides is 1. The third-order valence-electron chi connectivity index (χ3n) is 4.61. The Labute approximate surface area is 137 Å². The van der Waals surface area contributed by atoms with E-state index in [4.69, 9.17) is 0 Å². The van der Waals surface area contributed by atoms with Crippen molar-refractivity contribution < 1.29 is 9.18 Å². The van der Waals surface area contributed by atoms with Gasteiger partial charge in [0.2, 0.25) is 5.91 Å². The van der Waals surface area contributed by atoms with Crippen LogP contribution in [0.25, 0.3) is 10.9 Å². The number of benzene rings is 1. The summed E-state index contributed by atoms with van der Waals surface area (Å²) in [5.41, 5.74) is 2.01. The van der Waals surface area contributed by atoms with Gasteiger partial charge >= 0.3 is 0 Å². The predicted molar refractivity (Wildman–Crippen MR) is 90.2 cm³/mol. The Morgan fingerprint density at radius 1 is 1.35 bits per heavy atom. The fourth-order valence-corrected chi connectivity index (χ4v) is 3.83. The van der Waals surface area contributed by atoms with Crippen LogP contribution in [0.5, 0.6) is 0 Å². The van der Waals surface area contributed by atoms with E-state index in [1.54, 1.807) is 23.5 Å². The molecule has 1 saturated carbocycles. The van der Waals surface area contributed by atoms with E-state index in [2.05, 4.69) is 10.3 Å². The lowest BCUT2D eigenvalue weighted by Gasteiger charge is -2.15. The number of fused-ring (bicyclic) bond motifs is 1. The summed E-state index contributed by atoms with van der Waals surface area (Å²) in [5.74, 6) is -0.180. The number of carbonyl (C=O) groups is 1. The molecular weight excluding hydrogens is 311 g/mol. The van der Waals surface area contributed by atoms with Gasteiger partial charge in [-0.15, -0.1) is 11.3 Å². The molecule has 1 aromatic carbocycles. The van der Waals surface area contributed by atoms with Crippen LogP contribution in [-0.4, -0.2) is 17.4 Å². The number of thiophene rings is 1. The average Bonchev–Trinajstić information content (AvgIpc) is 2.95. The molecule has 3 nitrogen and oxygen atoms in total. The number of rotatable bonds is 5. The molecule has 1 amide bonds. The Morgan fingerprint density at radius 2 is 2.22 bits per heavy atom. The van der Waals surface area contributed by atoms with Gasteiger partial charge < -0.3 is 10.3 Å². The first-order valence-electron chi connectivity index (χ1n) is 7.72. The van der Waals surface area contributed by atoms with Gasteiger partial charge in [-0.1, -0.05) is 6.07 Å². The van der Waals surface area contributed by atoms with Crippen molar-refractivity contribution >= 4 is 28.1 Å². The number of aromatic amines is 1. The van der Waals surface area contributed by atoms with Crippen molar-refractivity contribution in [2.24, 2.45) is 0 Å². The van der Waals surface area contributed by atoms with Gasteiger partial charge in [0.25, 0.3) is 0 Å². The molecule has 0 unspecified atom stereocenters. The SMILES string of the molecule is O=C(Cc1cccs1)NCC1(c2c[nH]c3ccc(F)cc23)CC1. The Bertz CT molecular complexity index is 849. The van der Waals surface area contributed by atoms with Crippen LogP contribution < -0.4 is 5.32 Å². The molecule has 0 radical (unpaired) electrons. The maximum atomic E-state index is 13.5. The summed E-state index contributed by atoms with van der Waals surface area (Å²) >= 11 is 1.59. The van der Waals surface area contributed by atoms with Crippen LogP contribution in [0.4, 0.5) is 4.39 Å². The zero-order valence-corrected chi connectivity index (χ0v) is 13.4. The average molecular weight is 328 g/mol. The van der Waals surface area contributed by atoms with E-state index in [-0.39, 0.29) is 17.1 Å². The predicted octanol–water partition coefficient (Wildman–Crippen LogP) is 3.76. The van der Waals surface area contributed by atoms with E-state index in [1.807, 2.05) is 23.7 Å². The number of hydrogen-bond acceptors (Lipinski definition) is 2. The Balaban J connectivity index is 1.49. The Hall–Kier alpha value is -2.14. The minimum atomic E-state index is -0.226. The van der Waals surface area contributed by atoms with Crippen molar-refractivity contribution in [1.29, 1.82) is 0 Å². The van der Waals surface area contributed by atoms with Gasteiger partial charge in [0, 0.05) is 33.9 Å². The second-order valence-corrected chi connectivity index (χ2v) is 7.24. The number of H-pyrrole nitrogens is 1. The summed E-state index contributed by atoms with van der Waals surface area (Å²) in [6, 6.07) is 8.73. The highest BCUT2D eigenvalue weighted by atomic mass is 32.1. The molecule has 4 rings (SSSR count). The summed E-state index contributed by atoms with van der Waals surface area (Å²) < 4.78 is 13.5. The number of nitrogens with one attached hydrogen (secondary N) is 2. The highest BCUT2D eigenvalue weighted by molar-refractivity contribution is 7.10. The molecule has 5 heteroatoms. The van der Waals surface area contributed by atoms with Crippen molar-refractivity contribution in [3.63, 3.8) is 0 Å². The molecule has 118 valence electrons. The van der Waals surface area contributed by atoms with Crippen LogP contribution in [-0.2, 0) is 16.6 Å². The minimum absolute atomic E-state index is 0.0445. The normalized spacial score (nSPS) is 15.7. The van der Waals surface area contributed by atoms with Crippen molar-refractivity contribution in [2.75, 3.05) is 6.54 Å². The summed E-state index contributed by atoms with van der Waals surface area (Å²) in [7, 11) is 0. The lowest BCUT2D eigenvalue weighted by atomic mass is 9.95. The van der Waals surface area contributed by atoms with Crippen LogP contribution in [0.15, 0.2) is 41.9 Å². The molecule has 0 spiro atoms. The van der Waals surface area contributed by atoms with Gasteiger partial charge in [-0.25, -0.2) is 4.39 Å². The van der Waals surface area contributed by atoms with Crippen LogP contribution >= 0.6 is 11.3 Å². The summed E-state index contributed by atoms with van der Waals surface area (Å²) in [6.45, 7) is 0.612. The Kier molecular flexibility index (Phi) is 3.45. The summed E-state index contributed by atoms with van der Waals surface area (Å²) in [6.07, 6.45) is 4.43. The molecule has 1 fully saturated rings. The van der Waals surface area contributed by atoms with Gasteiger partial charge in [0.1, 0.15) is 5.82 Å². The molecule has 1 aliphatic carbocycles. The molecule has 1 aliphatic rings. The first-order chi connectivity index (χ1) is 11.2. The third-order valence-corrected chi connectivity index (χ3v) is 5.48. The van der Waals surface area contributed by atoms with Gasteiger partial charge in [-0.2, -0.15) is 0 Å². The zero-order chi connectivity index (χ0) is 15.9. The highest BCUT2D eigenvalue weighted by Crippen LogP contribution is 2.50. The lowest BCUT2D eigenvalue weighted by molar-refractivity contribution is -0.120. The van der Waals surface area contributed by atoms with Gasteiger partial charge in [0.15, 0.2) is 0 Å². The minimum Gasteiger partial charge on any atom is -0.361 e. The van der Waals surface area contributed by atoms with Crippen molar-refractivity contribution in [3.8, 4) is 0 Å². The molecule has 2 heterocycles. The highest BCUT2D eigenvalue weighted by Gasteiger charge is 2.45. The quantitative estimate of drug-likeness (QED) is 0.736. The molecular formula is C18H17FN2OS. The van der Waals surface area contributed by atoms with Crippen LogP contribution in [0.2, 0.25) is 0 Å². The maximum absolute atomic E-state index is 13.5. The number of aromatic nitrogens is 1. The molecule has 0 bridgehead atoms. The molecule has 2 aromatic heterocycles. The topological polar surface area (TPSA) is 44.9 Å². The first kappa shape index (κ1) is 14.5. The number of carbonyl (C=O) groups excluding carboxylic acids is 1. The molecule has 0 saturated heterocycles. The fourth-order valence-electron chi connectivity index (χ4n) is 3.13. The van der Waals surface area contributed by atoms with Gasteiger partial charge in [-0.3, -0.25) is 4.79 Å². The second-order valence-electron chi connectivity index (χ2n) is 6.21. The largest absolute Gasteiger partial charge is 0.361 e. The van der Waals surface area contributed by atoms with Crippen molar-refractivity contribution in [1.82, 2.24) is 10.3 Å². The summed E-state index contributed by atoms with van der Waals surface area (Å²) in [4.78, 5) is 16.4. The molecule has 3 aromatic rings. The maximum Gasteiger partial charge on any atom is 0.225 e. The zero-order valence-electron chi connectivity index (χ0n) is 12.6. The Morgan fingerprint density at radius 3 is 2.96 bits per heavy atom. The van der Waals surface area contributed by atoms with Crippen molar-refractivity contribution in [3.05, 3.63) is 58.2 Å². The molecule has 0 aliphatic heterocycles. The van der Waals surface area contributed by atoms with E-state index in [0.29, 0.717) is 13.0 Å². The number of hydrogen-bond donors (Lipinski definition) is 2. The first-order valence-corrected chi connectivity index (χ1v) is 8.60. The van der Waals surface area contributed by atoms with E-state index in [1.165, 1.54) is 6.07 Å². The smallest absolute Gasteiger partial charge is 0.225 e.